The zero-order valence-electron chi connectivity index (χ0n) is 15.8. The number of fused-ring (bicyclic) bond motifs is 1. The number of rotatable bonds is 5. The molecule has 2 saturated heterocycles. The summed E-state index contributed by atoms with van der Waals surface area (Å²) in [4.78, 5) is 9.37. The fourth-order valence-electron chi connectivity index (χ4n) is 4.70. The SMILES string of the molecule is COc1ccc([C@H]2[C@@H]3CN(Cc4cncc(OC)c4)C[C@@H]3CN2C)cc1. The highest BCUT2D eigenvalue weighted by atomic mass is 16.5. The van der Waals surface area contributed by atoms with Crippen molar-refractivity contribution in [3.8, 4) is 11.5 Å². The number of methoxy groups -OCH3 is 2. The maximum absolute atomic E-state index is 5.31. The predicted molar refractivity (Wildman–Crippen MR) is 101 cm³/mol. The first kappa shape index (κ1) is 17.3. The van der Waals surface area contributed by atoms with Gasteiger partial charge < -0.3 is 9.47 Å². The highest BCUT2D eigenvalue weighted by Crippen LogP contribution is 2.44. The van der Waals surface area contributed by atoms with Gasteiger partial charge in [-0.25, -0.2) is 0 Å². The minimum Gasteiger partial charge on any atom is -0.497 e. The third-order valence-corrected chi connectivity index (χ3v) is 5.84. The summed E-state index contributed by atoms with van der Waals surface area (Å²) in [6.45, 7) is 4.38. The molecule has 0 aliphatic carbocycles. The van der Waals surface area contributed by atoms with Gasteiger partial charge in [0.05, 0.1) is 20.4 Å². The van der Waals surface area contributed by atoms with Crippen molar-refractivity contribution >= 4 is 0 Å². The largest absolute Gasteiger partial charge is 0.497 e. The van der Waals surface area contributed by atoms with Crippen LogP contribution >= 0.6 is 0 Å². The molecule has 138 valence electrons. The summed E-state index contributed by atoms with van der Waals surface area (Å²) >= 11 is 0. The molecule has 3 atom stereocenters. The maximum atomic E-state index is 5.31. The van der Waals surface area contributed by atoms with Crippen LogP contribution in [0.1, 0.15) is 17.2 Å². The average Bonchev–Trinajstić information content (AvgIpc) is 3.17. The number of ether oxygens (including phenoxy) is 2. The lowest BCUT2D eigenvalue weighted by molar-refractivity contribution is 0.224. The number of hydrogen-bond acceptors (Lipinski definition) is 5. The van der Waals surface area contributed by atoms with Crippen LogP contribution in [-0.4, -0.2) is 55.7 Å². The van der Waals surface area contributed by atoms with Crippen molar-refractivity contribution < 1.29 is 9.47 Å². The molecule has 0 amide bonds. The van der Waals surface area contributed by atoms with Crippen molar-refractivity contribution in [3.05, 3.63) is 53.9 Å². The molecule has 1 aromatic heterocycles. The first-order chi connectivity index (χ1) is 12.7. The zero-order valence-corrected chi connectivity index (χ0v) is 15.8. The van der Waals surface area contributed by atoms with E-state index in [1.807, 2.05) is 6.20 Å². The second-order valence-electron chi connectivity index (χ2n) is 7.51. The fraction of sp³-hybridized carbons (Fsp3) is 0.476. The van der Waals surface area contributed by atoms with Crippen molar-refractivity contribution in [2.75, 3.05) is 40.9 Å². The van der Waals surface area contributed by atoms with E-state index in [-0.39, 0.29) is 0 Å². The molecule has 2 fully saturated rings. The fourth-order valence-corrected chi connectivity index (χ4v) is 4.70. The van der Waals surface area contributed by atoms with Crippen LogP contribution in [0.3, 0.4) is 0 Å². The molecule has 2 aliphatic heterocycles. The molecule has 4 rings (SSSR count). The number of aromatic nitrogens is 1. The molecule has 3 heterocycles. The minimum atomic E-state index is 0.486. The van der Waals surface area contributed by atoms with Crippen LogP contribution in [-0.2, 0) is 6.54 Å². The van der Waals surface area contributed by atoms with Gasteiger partial charge in [0.25, 0.3) is 0 Å². The first-order valence-corrected chi connectivity index (χ1v) is 9.22. The van der Waals surface area contributed by atoms with Crippen LogP contribution in [0, 0.1) is 11.8 Å². The highest BCUT2D eigenvalue weighted by Gasteiger charge is 2.45. The van der Waals surface area contributed by atoms with Gasteiger partial charge in [-0.1, -0.05) is 12.1 Å². The highest BCUT2D eigenvalue weighted by molar-refractivity contribution is 5.31. The third kappa shape index (κ3) is 3.29. The number of benzene rings is 1. The van der Waals surface area contributed by atoms with E-state index in [0.717, 1.165) is 43.6 Å². The smallest absolute Gasteiger partial charge is 0.137 e. The summed E-state index contributed by atoms with van der Waals surface area (Å²) in [7, 11) is 5.66. The predicted octanol–water partition coefficient (Wildman–Crippen LogP) is 2.83. The zero-order chi connectivity index (χ0) is 18.1. The van der Waals surface area contributed by atoms with E-state index < -0.39 is 0 Å². The van der Waals surface area contributed by atoms with Crippen LogP contribution in [0.2, 0.25) is 0 Å². The number of pyridine rings is 1. The Kier molecular flexibility index (Phi) is 4.83. The standard InChI is InChI=1S/C21H27N3O2/c1-23-12-17-13-24(11-15-8-19(26-3)10-22-9-15)14-20(17)21(23)16-4-6-18(25-2)7-5-16/h4-10,17,20-21H,11-14H2,1-3H3/t17-,20+,21-/m0/s1. The molecule has 0 spiro atoms. The molecular formula is C21H27N3O2. The summed E-state index contributed by atoms with van der Waals surface area (Å²) < 4.78 is 10.6. The Hall–Kier alpha value is -2.11. The molecule has 0 unspecified atom stereocenters. The summed E-state index contributed by atoms with van der Waals surface area (Å²) in [6.07, 6.45) is 3.71. The quantitative estimate of drug-likeness (QED) is 0.826. The number of hydrogen-bond donors (Lipinski definition) is 0. The topological polar surface area (TPSA) is 37.8 Å². The summed E-state index contributed by atoms with van der Waals surface area (Å²) in [5.74, 6) is 3.15. The van der Waals surface area contributed by atoms with Gasteiger partial charge in [0, 0.05) is 38.4 Å². The molecule has 5 heteroatoms. The van der Waals surface area contributed by atoms with E-state index in [0.29, 0.717) is 12.0 Å². The molecule has 0 bridgehead atoms. The molecule has 2 aromatic rings. The second kappa shape index (κ2) is 7.25. The van der Waals surface area contributed by atoms with Gasteiger partial charge >= 0.3 is 0 Å². The molecule has 0 saturated carbocycles. The van der Waals surface area contributed by atoms with E-state index >= 15 is 0 Å². The Balaban J connectivity index is 1.47. The summed E-state index contributed by atoms with van der Waals surface area (Å²) in [5.41, 5.74) is 2.62. The molecule has 0 N–H and O–H groups in total. The molecule has 26 heavy (non-hydrogen) atoms. The van der Waals surface area contributed by atoms with Crippen molar-refractivity contribution in [1.29, 1.82) is 0 Å². The maximum Gasteiger partial charge on any atom is 0.137 e. The molecule has 2 aliphatic rings. The lowest BCUT2D eigenvalue weighted by Gasteiger charge is -2.27. The Morgan fingerprint density at radius 1 is 1.00 bits per heavy atom. The number of nitrogens with zero attached hydrogens (tertiary/aromatic N) is 3. The lowest BCUT2D eigenvalue weighted by atomic mass is 9.89. The lowest BCUT2D eigenvalue weighted by Crippen LogP contribution is -2.28. The van der Waals surface area contributed by atoms with Crippen molar-refractivity contribution in [3.63, 3.8) is 0 Å². The van der Waals surface area contributed by atoms with E-state index in [4.69, 9.17) is 9.47 Å². The first-order valence-electron chi connectivity index (χ1n) is 9.22. The van der Waals surface area contributed by atoms with E-state index in [2.05, 4.69) is 52.2 Å². The van der Waals surface area contributed by atoms with Gasteiger partial charge in [-0.3, -0.25) is 14.8 Å². The van der Waals surface area contributed by atoms with E-state index in [1.54, 1.807) is 20.4 Å². The van der Waals surface area contributed by atoms with Crippen LogP contribution in [0.5, 0.6) is 11.5 Å². The minimum absolute atomic E-state index is 0.486. The average molecular weight is 353 g/mol. The van der Waals surface area contributed by atoms with Crippen LogP contribution in [0.4, 0.5) is 0 Å². The van der Waals surface area contributed by atoms with Gasteiger partial charge in [0.1, 0.15) is 11.5 Å². The van der Waals surface area contributed by atoms with Crippen LogP contribution in [0.15, 0.2) is 42.7 Å². The van der Waals surface area contributed by atoms with Gasteiger partial charge in [-0.05, 0) is 48.2 Å². The van der Waals surface area contributed by atoms with Crippen molar-refractivity contribution in [1.82, 2.24) is 14.8 Å². The van der Waals surface area contributed by atoms with Crippen LogP contribution in [0.25, 0.3) is 0 Å². The Bertz CT molecular complexity index is 749. The van der Waals surface area contributed by atoms with E-state index in [9.17, 15) is 0 Å². The summed E-state index contributed by atoms with van der Waals surface area (Å²) in [6, 6.07) is 11.2. The van der Waals surface area contributed by atoms with Crippen LogP contribution < -0.4 is 9.47 Å². The van der Waals surface area contributed by atoms with Gasteiger partial charge in [-0.2, -0.15) is 0 Å². The van der Waals surface area contributed by atoms with Crippen molar-refractivity contribution in [2.45, 2.75) is 12.6 Å². The molecule has 0 radical (unpaired) electrons. The van der Waals surface area contributed by atoms with Gasteiger partial charge in [0.15, 0.2) is 0 Å². The third-order valence-electron chi connectivity index (χ3n) is 5.84. The van der Waals surface area contributed by atoms with Gasteiger partial charge in [-0.15, -0.1) is 0 Å². The second-order valence-corrected chi connectivity index (χ2v) is 7.51. The van der Waals surface area contributed by atoms with E-state index in [1.165, 1.54) is 11.1 Å². The van der Waals surface area contributed by atoms with Crippen molar-refractivity contribution in [2.24, 2.45) is 11.8 Å². The Morgan fingerprint density at radius 2 is 1.77 bits per heavy atom. The molecule has 5 nitrogen and oxygen atoms in total. The summed E-state index contributed by atoms with van der Waals surface area (Å²) in [5, 5.41) is 0. The Morgan fingerprint density at radius 3 is 2.50 bits per heavy atom. The Labute approximate surface area is 155 Å². The van der Waals surface area contributed by atoms with Gasteiger partial charge in [0.2, 0.25) is 0 Å². The molecule has 1 aromatic carbocycles. The monoisotopic (exact) mass is 353 g/mol. The molecular weight excluding hydrogens is 326 g/mol. The normalized spacial score (nSPS) is 26.0. The number of likely N-dealkylation sites (tertiary alicyclic amines) is 2.